The van der Waals surface area contributed by atoms with Gasteiger partial charge in [-0.1, -0.05) is 0 Å². The highest BCUT2D eigenvalue weighted by Gasteiger charge is 2.20. The average Bonchev–Trinajstić information content (AvgIpc) is 2.13. The van der Waals surface area contributed by atoms with Crippen LogP contribution in [0.4, 0.5) is 15.8 Å². The largest absolute Gasteiger partial charge is 0.399 e. The molecule has 0 fully saturated rings. The van der Waals surface area contributed by atoms with Gasteiger partial charge in [-0.2, -0.15) is 12.7 Å². The molecule has 1 rings (SSSR count). The van der Waals surface area contributed by atoms with E-state index in [-0.39, 0.29) is 17.4 Å². The Kier molecular flexibility index (Phi) is 3.94. The Morgan fingerprint density at radius 3 is 2.41 bits per heavy atom. The van der Waals surface area contributed by atoms with Crippen LogP contribution in [0, 0.1) is 5.82 Å². The lowest BCUT2D eigenvalue weighted by Crippen LogP contribution is -2.37. The minimum Gasteiger partial charge on any atom is -0.399 e. The van der Waals surface area contributed by atoms with Gasteiger partial charge in [0.15, 0.2) is 0 Å². The highest BCUT2D eigenvalue weighted by molar-refractivity contribution is 7.90. The second-order valence-electron chi connectivity index (χ2n) is 3.99. The molecule has 17 heavy (non-hydrogen) atoms. The van der Waals surface area contributed by atoms with Crippen molar-refractivity contribution in [1.29, 1.82) is 0 Å². The first-order valence-corrected chi connectivity index (χ1v) is 6.48. The molecule has 0 aliphatic heterocycles. The molecule has 0 aliphatic rings. The first-order chi connectivity index (χ1) is 7.72. The van der Waals surface area contributed by atoms with Crippen molar-refractivity contribution >= 4 is 21.6 Å². The molecule has 0 aliphatic carbocycles. The molecule has 0 saturated heterocycles. The second kappa shape index (κ2) is 4.89. The molecule has 0 saturated carbocycles. The zero-order valence-corrected chi connectivity index (χ0v) is 10.8. The van der Waals surface area contributed by atoms with Crippen LogP contribution in [0.3, 0.4) is 0 Å². The number of nitrogens with one attached hydrogen (secondary N) is 1. The van der Waals surface area contributed by atoms with Crippen LogP contribution in [0.5, 0.6) is 0 Å². The van der Waals surface area contributed by atoms with Gasteiger partial charge in [-0.05, 0) is 32.0 Å². The smallest absolute Gasteiger partial charge is 0.301 e. The maximum Gasteiger partial charge on any atom is 0.301 e. The van der Waals surface area contributed by atoms with Crippen LogP contribution in [-0.4, -0.2) is 25.8 Å². The van der Waals surface area contributed by atoms with Gasteiger partial charge in [0.25, 0.3) is 0 Å². The molecule has 0 unspecified atom stereocenters. The first kappa shape index (κ1) is 13.7. The van der Waals surface area contributed by atoms with Crippen molar-refractivity contribution in [3.05, 3.63) is 24.0 Å². The van der Waals surface area contributed by atoms with Crippen LogP contribution in [0.2, 0.25) is 0 Å². The molecule has 0 spiro atoms. The SMILES string of the molecule is CC(C)N(C)S(=O)(=O)Nc1cc(N)cc(F)c1. The van der Waals surface area contributed by atoms with Crippen molar-refractivity contribution in [2.24, 2.45) is 0 Å². The fourth-order valence-corrected chi connectivity index (χ4v) is 2.28. The summed E-state index contributed by atoms with van der Waals surface area (Å²) in [5.41, 5.74) is 5.69. The third-order valence-corrected chi connectivity index (χ3v) is 3.95. The van der Waals surface area contributed by atoms with Gasteiger partial charge in [0.2, 0.25) is 0 Å². The van der Waals surface area contributed by atoms with Gasteiger partial charge in [0, 0.05) is 18.8 Å². The Morgan fingerprint density at radius 2 is 1.94 bits per heavy atom. The highest BCUT2D eigenvalue weighted by Crippen LogP contribution is 2.18. The quantitative estimate of drug-likeness (QED) is 0.804. The zero-order chi connectivity index (χ0) is 13.2. The van der Waals surface area contributed by atoms with Crippen LogP contribution >= 0.6 is 0 Å². The van der Waals surface area contributed by atoms with E-state index in [0.29, 0.717) is 0 Å². The summed E-state index contributed by atoms with van der Waals surface area (Å²) in [6, 6.07) is 3.35. The van der Waals surface area contributed by atoms with E-state index in [1.54, 1.807) is 13.8 Å². The predicted octanol–water partition coefficient (Wildman–Crippen LogP) is 1.40. The number of anilines is 2. The summed E-state index contributed by atoms with van der Waals surface area (Å²) in [7, 11) is -2.24. The predicted molar refractivity (Wildman–Crippen MR) is 66.3 cm³/mol. The fourth-order valence-electron chi connectivity index (χ4n) is 1.17. The average molecular weight is 261 g/mol. The molecule has 0 bridgehead atoms. The standard InChI is InChI=1S/C10H16FN3O2S/c1-7(2)14(3)17(15,16)13-10-5-8(11)4-9(12)6-10/h4-7,13H,12H2,1-3H3. The molecule has 3 N–H and O–H groups in total. The van der Waals surface area contributed by atoms with Crippen molar-refractivity contribution in [3.8, 4) is 0 Å². The van der Waals surface area contributed by atoms with Crippen LogP contribution < -0.4 is 10.5 Å². The number of benzene rings is 1. The summed E-state index contributed by atoms with van der Waals surface area (Å²) in [6.45, 7) is 3.47. The van der Waals surface area contributed by atoms with Gasteiger partial charge in [0.05, 0.1) is 5.69 Å². The van der Waals surface area contributed by atoms with Crippen molar-refractivity contribution in [1.82, 2.24) is 4.31 Å². The molecule has 0 heterocycles. The van der Waals surface area contributed by atoms with Crippen molar-refractivity contribution in [2.75, 3.05) is 17.5 Å². The third kappa shape index (κ3) is 3.57. The van der Waals surface area contributed by atoms with Crippen LogP contribution in [0.15, 0.2) is 18.2 Å². The normalized spacial score (nSPS) is 12.1. The monoisotopic (exact) mass is 261 g/mol. The molecule has 96 valence electrons. The van der Waals surface area contributed by atoms with Crippen molar-refractivity contribution in [3.63, 3.8) is 0 Å². The number of halogens is 1. The lowest BCUT2D eigenvalue weighted by atomic mass is 10.3. The van der Waals surface area contributed by atoms with E-state index in [1.807, 2.05) is 0 Å². The molecule has 1 aromatic rings. The van der Waals surface area contributed by atoms with Crippen molar-refractivity contribution in [2.45, 2.75) is 19.9 Å². The fraction of sp³-hybridized carbons (Fsp3) is 0.400. The minimum absolute atomic E-state index is 0.106. The van der Waals surface area contributed by atoms with Gasteiger partial charge in [-0.25, -0.2) is 4.39 Å². The Balaban J connectivity index is 2.98. The van der Waals surface area contributed by atoms with Crippen LogP contribution in [-0.2, 0) is 10.2 Å². The number of nitrogens with zero attached hydrogens (tertiary/aromatic N) is 1. The molecule has 0 amide bonds. The molecule has 0 aromatic heterocycles. The molecular weight excluding hydrogens is 245 g/mol. The summed E-state index contributed by atoms with van der Waals surface area (Å²) < 4.78 is 40.1. The number of nitrogen functional groups attached to an aromatic ring is 1. The Bertz CT molecular complexity index is 482. The Morgan fingerprint density at radius 1 is 1.35 bits per heavy atom. The lowest BCUT2D eigenvalue weighted by Gasteiger charge is -2.21. The summed E-state index contributed by atoms with van der Waals surface area (Å²) in [5, 5.41) is 0. The van der Waals surface area contributed by atoms with E-state index in [1.165, 1.54) is 13.1 Å². The lowest BCUT2D eigenvalue weighted by molar-refractivity contribution is 0.414. The molecule has 5 nitrogen and oxygen atoms in total. The van der Waals surface area contributed by atoms with Crippen molar-refractivity contribution < 1.29 is 12.8 Å². The summed E-state index contributed by atoms with van der Waals surface area (Å²) >= 11 is 0. The van der Waals surface area contributed by atoms with E-state index >= 15 is 0 Å². The summed E-state index contributed by atoms with van der Waals surface area (Å²) in [6.07, 6.45) is 0. The van der Waals surface area contributed by atoms with E-state index in [2.05, 4.69) is 4.72 Å². The minimum atomic E-state index is -3.68. The van der Waals surface area contributed by atoms with E-state index in [4.69, 9.17) is 5.73 Å². The Labute approximate surface area is 101 Å². The molecule has 0 radical (unpaired) electrons. The molecule has 1 aromatic carbocycles. The zero-order valence-electron chi connectivity index (χ0n) is 9.94. The van der Waals surface area contributed by atoms with Gasteiger partial charge in [0.1, 0.15) is 5.82 Å². The third-order valence-electron chi connectivity index (χ3n) is 2.27. The number of hydrogen-bond acceptors (Lipinski definition) is 3. The molecule has 7 heteroatoms. The van der Waals surface area contributed by atoms with Gasteiger partial charge >= 0.3 is 10.2 Å². The number of rotatable bonds is 4. The van der Waals surface area contributed by atoms with Crippen LogP contribution in [0.25, 0.3) is 0 Å². The maximum absolute atomic E-state index is 13.0. The van der Waals surface area contributed by atoms with E-state index in [0.717, 1.165) is 16.4 Å². The molecule has 0 atom stereocenters. The van der Waals surface area contributed by atoms with Gasteiger partial charge in [-0.3, -0.25) is 4.72 Å². The molecular formula is C10H16FN3O2S. The van der Waals surface area contributed by atoms with Gasteiger partial charge < -0.3 is 5.73 Å². The van der Waals surface area contributed by atoms with Crippen LogP contribution in [0.1, 0.15) is 13.8 Å². The van der Waals surface area contributed by atoms with Gasteiger partial charge in [-0.15, -0.1) is 0 Å². The number of nitrogens with two attached hydrogens (primary N) is 1. The maximum atomic E-state index is 13.0. The van der Waals surface area contributed by atoms with E-state index < -0.39 is 16.0 Å². The summed E-state index contributed by atoms with van der Waals surface area (Å²) in [5.74, 6) is -0.588. The van der Waals surface area contributed by atoms with E-state index in [9.17, 15) is 12.8 Å². The number of hydrogen-bond donors (Lipinski definition) is 2. The first-order valence-electron chi connectivity index (χ1n) is 5.04. The highest BCUT2D eigenvalue weighted by atomic mass is 32.2. The Hall–Kier alpha value is -1.34. The topological polar surface area (TPSA) is 75.4 Å². The second-order valence-corrected chi connectivity index (χ2v) is 5.72. The summed E-state index contributed by atoms with van der Waals surface area (Å²) in [4.78, 5) is 0.